The van der Waals surface area contributed by atoms with E-state index in [4.69, 9.17) is 0 Å². The van der Waals surface area contributed by atoms with Crippen LogP contribution in [0.15, 0.2) is 22.7 Å². The minimum Gasteiger partial charge on any atom is -0.376 e. The van der Waals surface area contributed by atoms with Crippen molar-refractivity contribution in [2.24, 2.45) is 0 Å². The number of nitrogens with one attached hydrogen (secondary N) is 1. The van der Waals surface area contributed by atoms with Gasteiger partial charge in [-0.1, -0.05) is 6.07 Å². The molecule has 2 aromatic carbocycles. The standard InChI is InChI=1S/C13H6BrF6N/c14-6-3-5(1-2-7(6)15)4-21-13-11(19)9(17)8(16)10(18)12(13)20/h1-3,21H,4H2. The van der Waals surface area contributed by atoms with Gasteiger partial charge in [-0.25, -0.2) is 26.3 Å². The van der Waals surface area contributed by atoms with Crippen LogP contribution >= 0.6 is 15.9 Å². The zero-order valence-corrected chi connectivity index (χ0v) is 11.7. The number of rotatable bonds is 3. The topological polar surface area (TPSA) is 12.0 Å². The van der Waals surface area contributed by atoms with Gasteiger partial charge in [0.05, 0.1) is 4.47 Å². The largest absolute Gasteiger partial charge is 0.376 e. The molecule has 2 aromatic rings. The average Bonchev–Trinajstić information content (AvgIpc) is 2.46. The number of benzene rings is 2. The number of hydrogen-bond donors (Lipinski definition) is 1. The molecule has 0 heterocycles. The molecule has 21 heavy (non-hydrogen) atoms. The van der Waals surface area contributed by atoms with E-state index in [0.29, 0.717) is 5.56 Å². The predicted molar refractivity (Wildman–Crippen MR) is 67.7 cm³/mol. The highest BCUT2D eigenvalue weighted by Crippen LogP contribution is 2.27. The van der Waals surface area contributed by atoms with Gasteiger partial charge in [-0.15, -0.1) is 0 Å². The van der Waals surface area contributed by atoms with Crippen LogP contribution in [0.4, 0.5) is 32.0 Å². The van der Waals surface area contributed by atoms with Crippen LogP contribution in [-0.2, 0) is 6.54 Å². The molecule has 0 amide bonds. The first-order valence-corrected chi connectivity index (χ1v) is 6.31. The van der Waals surface area contributed by atoms with E-state index >= 15 is 0 Å². The molecule has 8 heteroatoms. The van der Waals surface area contributed by atoms with Crippen molar-refractivity contribution in [2.45, 2.75) is 6.54 Å². The second-order valence-electron chi connectivity index (χ2n) is 4.05. The summed E-state index contributed by atoms with van der Waals surface area (Å²) in [5, 5.41) is 2.11. The Morgan fingerprint density at radius 1 is 0.810 bits per heavy atom. The Balaban J connectivity index is 2.30. The van der Waals surface area contributed by atoms with E-state index in [2.05, 4.69) is 21.2 Å². The monoisotopic (exact) mass is 369 g/mol. The SMILES string of the molecule is Fc1ccc(CNc2c(F)c(F)c(F)c(F)c2F)cc1Br. The van der Waals surface area contributed by atoms with E-state index in [-0.39, 0.29) is 11.0 Å². The van der Waals surface area contributed by atoms with Crippen LogP contribution in [0.5, 0.6) is 0 Å². The van der Waals surface area contributed by atoms with E-state index in [1.165, 1.54) is 12.1 Å². The van der Waals surface area contributed by atoms with Crippen molar-refractivity contribution in [3.63, 3.8) is 0 Å². The maximum atomic E-state index is 13.4. The van der Waals surface area contributed by atoms with Crippen LogP contribution in [0.25, 0.3) is 0 Å². The molecule has 0 saturated heterocycles. The normalized spacial score (nSPS) is 10.8. The summed E-state index contributed by atoms with van der Waals surface area (Å²) >= 11 is 2.91. The van der Waals surface area contributed by atoms with Crippen LogP contribution < -0.4 is 5.32 Å². The fourth-order valence-electron chi connectivity index (χ4n) is 1.60. The molecule has 112 valence electrons. The van der Waals surface area contributed by atoms with E-state index in [9.17, 15) is 26.3 Å². The molecule has 0 aliphatic heterocycles. The second-order valence-corrected chi connectivity index (χ2v) is 4.90. The Morgan fingerprint density at radius 3 is 1.86 bits per heavy atom. The van der Waals surface area contributed by atoms with Gasteiger partial charge in [-0.3, -0.25) is 0 Å². The van der Waals surface area contributed by atoms with E-state index < -0.39 is 40.6 Å². The van der Waals surface area contributed by atoms with Gasteiger partial charge in [0.2, 0.25) is 5.82 Å². The molecule has 0 saturated carbocycles. The molecule has 0 bridgehead atoms. The van der Waals surface area contributed by atoms with Crippen LogP contribution in [0.1, 0.15) is 5.56 Å². The van der Waals surface area contributed by atoms with E-state index in [1.807, 2.05) is 0 Å². The minimum atomic E-state index is -2.22. The van der Waals surface area contributed by atoms with Gasteiger partial charge in [0, 0.05) is 6.54 Å². The molecule has 0 spiro atoms. The first-order chi connectivity index (χ1) is 9.82. The lowest BCUT2D eigenvalue weighted by Crippen LogP contribution is -2.10. The lowest BCUT2D eigenvalue weighted by atomic mass is 10.2. The smallest absolute Gasteiger partial charge is 0.200 e. The van der Waals surface area contributed by atoms with Gasteiger partial charge < -0.3 is 5.32 Å². The molecule has 0 aliphatic carbocycles. The maximum absolute atomic E-state index is 13.4. The summed E-state index contributed by atoms with van der Waals surface area (Å²) in [7, 11) is 0. The van der Waals surface area contributed by atoms with Crippen LogP contribution in [0, 0.1) is 34.9 Å². The van der Waals surface area contributed by atoms with Crippen molar-refractivity contribution in [3.8, 4) is 0 Å². The van der Waals surface area contributed by atoms with Crippen molar-refractivity contribution >= 4 is 21.6 Å². The quantitative estimate of drug-likeness (QED) is 0.461. The molecular formula is C13H6BrF6N. The van der Waals surface area contributed by atoms with Crippen molar-refractivity contribution in [1.29, 1.82) is 0 Å². The van der Waals surface area contributed by atoms with Gasteiger partial charge >= 0.3 is 0 Å². The molecule has 0 radical (unpaired) electrons. The van der Waals surface area contributed by atoms with Crippen LogP contribution in [-0.4, -0.2) is 0 Å². The van der Waals surface area contributed by atoms with Crippen molar-refractivity contribution in [1.82, 2.24) is 0 Å². The Morgan fingerprint density at radius 2 is 1.33 bits per heavy atom. The fraction of sp³-hybridized carbons (Fsp3) is 0.0769. The lowest BCUT2D eigenvalue weighted by molar-refractivity contribution is 0.381. The molecular weight excluding hydrogens is 364 g/mol. The molecule has 0 atom stereocenters. The van der Waals surface area contributed by atoms with Gasteiger partial charge in [-0.2, -0.15) is 0 Å². The first kappa shape index (κ1) is 15.7. The zero-order chi connectivity index (χ0) is 15.7. The number of hydrogen-bond acceptors (Lipinski definition) is 1. The Bertz CT molecular complexity index is 675. The van der Waals surface area contributed by atoms with Gasteiger partial charge in [-0.05, 0) is 33.6 Å². The molecule has 0 aliphatic rings. The third-order valence-corrected chi connectivity index (χ3v) is 3.27. The molecule has 1 nitrogen and oxygen atoms in total. The maximum Gasteiger partial charge on any atom is 0.200 e. The van der Waals surface area contributed by atoms with Gasteiger partial charge in [0.25, 0.3) is 0 Å². The molecule has 1 N–H and O–H groups in total. The Hall–Kier alpha value is -1.70. The third kappa shape index (κ3) is 2.99. The third-order valence-electron chi connectivity index (χ3n) is 2.66. The molecule has 2 rings (SSSR count). The summed E-state index contributed by atoms with van der Waals surface area (Å²) in [5.41, 5.74) is -0.751. The summed E-state index contributed by atoms with van der Waals surface area (Å²) in [4.78, 5) is 0. The van der Waals surface area contributed by atoms with Crippen molar-refractivity contribution in [3.05, 3.63) is 63.1 Å². The molecule has 0 fully saturated rings. The average molecular weight is 370 g/mol. The van der Waals surface area contributed by atoms with E-state index in [1.54, 1.807) is 0 Å². The molecule has 0 unspecified atom stereocenters. The van der Waals surface area contributed by atoms with Gasteiger partial charge in [0.15, 0.2) is 23.3 Å². The summed E-state index contributed by atoms with van der Waals surface area (Å²) in [6.07, 6.45) is 0. The van der Waals surface area contributed by atoms with Crippen LogP contribution in [0.2, 0.25) is 0 Å². The lowest BCUT2D eigenvalue weighted by Gasteiger charge is -2.11. The first-order valence-electron chi connectivity index (χ1n) is 5.52. The van der Waals surface area contributed by atoms with E-state index in [0.717, 1.165) is 6.07 Å². The highest BCUT2D eigenvalue weighted by atomic mass is 79.9. The summed E-state index contributed by atoms with van der Waals surface area (Å²) in [6.45, 7) is -0.253. The molecule has 0 aromatic heterocycles. The minimum absolute atomic E-state index is 0.110. The van der Waals surface area contributed by atoms with Crippen molar-refractivity contribution in [2.75, 3.05) is 5.32 Å². The summed E-state index contributed by atoms with van der Waals surface area (Å²) < 4.78 is 78.7. The second kappa shape index (κ2) is 5.97. The zero-order valence-electron chi connectivity index (χ0n) is 10.1. The Labute approximate surface area is 123 Å². The highest BCUT2D eigenvalue weighted by Gasteiger charge is 2.25. The summed E-state index contributed by atoms with van der Waals surface area (Å²) in [5.74, 6) is -10.7. The fourth-order valence-corrected chi connectivity index (χ4v) is 2.03. The Kier molecular flexibility index (Phi) is 4.46. The number of anilines is 1. The van der Waals surface area contributed by atoms with Crippen LogP contribution in [0.3, 0.4) is 0 Å². The predicted octanol–water partition coefficient (Wildman–Crippen LogP) is 4.90. The van der Waals surface area contributed by atoms with Crippen molar-refractivity contribution < 1.29 is 26.3 Å². The highest BCUT2D eigenvalue weighted by molar-refractivity contribution is 9.10. The number of halogens is 7. The van der Waals surface area contributed by atoms with Gasteiger partial charge in [0.1, 0.15) is 11.5 Å². The summed E-state index contributed by atoms with van der Waals surface area (Å²) in [6, 6.07) is 3.72.